The van der Waals surface area contributed by atoms with Gasteiger partial charge < -0.3 is 10.6 Å². The maximum Gasteiger partial charge on any atom is 0.295 e. The average Bonchev–Trinajstić information content (AvgIpc) is 2.70. The lowest BCUT2D eigenvalue weighted by Crippen LogP contribution is -2.25. The fourth-order valence-corrected chi connectivity index (χ4v) is 2.04. The van der Waals surface area contributed by atoms with Crippen LogP contribution in [0.1, 0.15) is 6.42 Å². The Bertz CT molecular complexity index is 527. The first-order valence-electron chi connectivity index (χ1n) is 5.49. The van der Waals surface area contributed by atoms with Crippen molar-refractivity contribution in [1.29, 1.82) is 0 Å². The molecule has 0 radical (unpaired) electrons. The Morgan fingerprint density at radius 3 is 2.83 bits per heavy atom. The molecule has 94 valence electrons. The number of nitrogen functional groups attached to an aromatic ring is 1. The quantitative estimate of drug-likeness (QED) is 0.381. The summed E-state index contributed by atoms with van der Waals surface area (Å²) in [6.45, 7) is 4.07. The smallest absolute Gasteiger partial charge is 0.295 e. The molecular weight excluding hydrogens is 234 g/mol. The number of nitro groups is 1. The van der Waals surface area contributed by atoms with Gasteiger partial charge in [0.25, 0.3) is 5.69 Å². The number of nitrogens with two attached hydrogens (primary N) is 1. The highest BCUT2D eigenvalue weighted by Crippen LogP contribution is 2.34. The Kier molecular flexibility index (Phi) is 3.01. The second kappa shape index (κ2) is 4.48. The number of amides is 1. The molecule has 0 saturated carbocycles. The Hall–Kier alpha value is -2.37. The monoisotopic (exact) mass is 247 g/mol. The van der Waals surface area contributed by atoms with Crippen LogP contribution in [0.2, 0.25) is 0 Å². The van der Waals surface area contributed by atoms with Crippen molar-refractivity contribution in [3.8, 4) is 0 Å². The van der Waals surface area contributed by atoms with E-state index in [0.717, 1.165) is 0 Å². The van der Waals surface area contributed by atoms with Crippen molar-refractivity contribution in [2.24, 2.45) is 5.92 Å². The predicted octanol–water partition coefficient (Wildman–Crippen LogP) is 1.72. The number of benzene rings is 1. The van der Waals surface area contributed by atoms with Crippen molar-refractivity contribution in [3.05, 3.63) is 41.0 Å². The van der Waals surface area contributed by atoms with E-state index in [9.17, 15) is 14.9 Å². The summed E-state index contributed by atoms with van der Waals surface area (Å²) in [6.07, 6.45) is 2.03. The minimum atomic E-state index is -0.528. The van der Waals surface area contributed by atoms with E-state index in [1.54, 1.807) is 12.1 Å². The molecule has 0 spiro atoms. The Morgan fingerprint density at radius 1 is 1.56 bits per heavy atom. The second-order valence-corrected chi connectivity index (χ2v) is 4.21. The molecule has 1 atom stereocenters. The van der Waals surface area contributed by atoms with Crippen molar-refractivity contribution in [3.63, 3.8) is 0 Å². The van der Waals surface area contributed by atoms with E-state index in [4.69, 9.17) is 5.73 Å². The zero-order chi connectivity index (χ0) is 13.3. The molecular formula is C12H13N3O3. The first-order valence-corrected chi connectivity index (χ1v) is 5.49. The van der Waals surface area contributed by atoms with E-state index in [1.807, 2.05) is 0 Å². The molecule has 0 bridgehead atoms. The third-order valence-corrected chi connectivity index (χ3v) is 2.98. The minimum Gasteiger partial charge on any atom is -0.399 e. The zero-order valence-electron chi connectivity index (χ0n) is 9.70. The molecule has 6 heteroatoms. The molecule has 1 heterocycles. The third kappa shape index (κ3) is 2.04. The number of nitro benzene ring substituents is 1. The molecule has 1 amide bonds. The van der Waals surface area contributed by atoms with Gasteiger partial charge in [0.2, 0.25) is 5.91 Å². The molecule has 2 rings (SSSR count). The van der Waals surface area contributed by atoms with Crippen LogP contribution in [0.15, 0.2) is 30.9 Å². The average molecular weight is 247 g/mol. The second-order valence-electron chi connectivity index (χ2n) is 4.21. The van der Waals surface area contributed by atoms with Gasteiger partial charge in [-0.25, -0.2) is 0 Å². The molecule has 1 aromatic carbocycles. The summed E-state index contributed by atoms with van der Waals surface area (Å²) in [4.78, 5) is 23.7. The van der Waals surface area contributed by atoms with E-state index in [-0.39, 0.29) is 17.5 Å². The van der Waals surface area contributed by atoms with E-state index < -0.39 is 4.92 Å². The van der Waals surface area contributed by atoms with Crippen molar-refractivity contribution in [2.75, 3.05) is 17.2 Å². The normalized spacial score (nSPS) is 19.0. The van der Waals surface area contributed by atoms with Gasteiger partial charge in [0.1, 0.15) is 5.69 Å². The van der Waals surface area contributed by atoms with Crippen LogP contribution in [0.5, 0.6) is 0 Å². The molecule has 1 aliphatic rings. The van der Waals surface area contributed by atoms with Crippen LogP contribution in [-0.2, 0) is 4.79 Å². The van der Waals surface area contributed by atoms with Crippen LogP contribution in [0, 0.1) is 16.0 Å². The van der Waals surface area contributed by atoms with Crippen LogP contribution in [0.25, 0.3) is 0 Å². The molecule has 1 aliphatic heterocycles. The molecule has 6 nitrogen and oxygen atoms in total. The summed E-state index contributed by atoms with van der Waals surface area (Å²) in [5.74, 6) is -0.0950. The van der Waals surface area contributed by atoms with Crippen LogP contribution in [-0.4, -0.2) is 17.4 Å². The molecule has 18 heavy (non-hydrogen) atoms. The molecule has 1 unspecified atom stereocenters. The van der Waals surface area contributed by atoms with E-state index in [2.05, 4.69) is 6.58 Å². The summed E-state index contributed by atoms with van der Waals surface area (Å²) in [6, 6.07) is 4.33. The standard InChI is InChI=1S/C12H13N3O3/c1-2-8-5-12(16)14(7-8)10-4-3-9(13)6-11(10)15(17)18/h2-4,6,8H,1,5,7,13H2. The highest BCUT2D eigenvalue weighted by molar-refractivity contribution is 5.98. The number of carbonyl (C=O) groups excluding carboxylic acids is 1. The highest BCUT2D eigenvalue weighted by Gasteiger charge is 2.32. The van der Waals surface area contributed by atoms with Gasteiger partial charge in [-0.3, -0.25) is 14.9 Å². The van der Waals surface area contributed by atoms with Gasteiger partial charge in [0.15, 0.2) is 0 Å². The number of carbonyl (C=O) groups is 1. The van der Waals surface area contributed by atoms with Crippen LogP contribution >= 0.6 is 0 Å². The van der Waals surface area contributed by atoms with Gasteiger partial charge in [-0.1, -0.05) is 6.08 Å². The van der Waals surface area contributed by atoms with Crippen molar-refractivity contribution in [2.45, 2.75) is 6.42 Å². The van der Waals surface area contributed by atoms with Crippen molar-refractivity contribution < 1.29 is 9.72 Å². The fourth-order valence-electron chi connectivity index (χ4n) is 2.04. The number of nitrogens with zero attached hydrogens (tertiary/aromatic N) is 2. The van der Waals surface area contributed by atoms with E-state index >= 15 is 0 Å². The Balaban J connectivity index is 2.42. The Labute approximate surface area is 104 Å². The predicted molar refractivity (Wildman–Crippen MR) is 68.2 cm³/mol. The van der Waals surface area contributed by atoms with Gasteiger partial charge in [0, 0.05) is 30.6 Å². The summed E-state index contributed by atoms with van der Waals surface area (Å²) < 4.78 is 0. The van der Waals surface area contributed by atoms with Gasteiger partial charge in [-0.2, -0.15) is 0 Å². The maximum absolute atomic E-state index is 11.8. The van der Waals surface area contributed by atoms with Crippen LogP contribution in [0.4, 0.5) is 17.1 Å². The minimum absolute atomic E-state index is 0.0367. The number of hydrogen-bond donors (Lipinski definition) is 1. The Morgan fingerprint density at radius 2 is 2.28 bits per heavy atom. The summed E-state index contributed by atoms with van der Waals surface area (Å²) in [7, 11) is 0. The molecule has 1 saturated heterocycles. The van der Waals surface area contributed by atoms with Crippen LogP contribution < -0.4 is 10.6 Å². The first-order chi connectivity index (χ1) is 8.52. The highest BCUT2D eigenvalue weighted by atomic mass is 16.6. The number of rotatable bonds is 3. The summed E-state index contributed by atoms with van der Waals surface area (Å²) >= 11 is 0. The molecule has 1 aromatic rings. The molecule has 0 aliphatic carbocycles. The number of anilines is 2. The van der Waals surface area contributed by atoms with Gasteiger partial charge in [0.05, 0.1) is 4.92 Å². The van der Waals surface area contributed by atoms with Gasteiger partial charge >= 0.3 is 0 Å². The van der Waals surface area contributed by atoms with E-state index in [0.29, 0.717) is 24.3 Å². The molecule has 0 aromatic heterocycles. The topological polar surface area (TPSA) is 89.5 Å². The molecule has 1 fully saturated rings. The van der Waals surface area contributed by atoms with Crippen molar-refractivity contribution >= 4 is 23.0 Å². The first kappa shape index (κ1) is 12.1. The van der Waals surface area contributed by atoms with Gasteiger partial charge in [-0.05, 0) is 12.1 Å². The van der Waals surface area contributed by atoms with Crippen LogP contribution in [0.3, 0.4) is 0 Å². The lowest BCUT2D eigenvalue weighted by Gasteiger charge is -2.16. The zero-order valence-corrected chi connectivity index (χ0v) is 9.70. The lowest BCUT2D eigenvalue weighted by molar-refractivity contribution is -0.384. The summed E-state index contributed by atoms with van der Waals surface area (Å²) in [5.41, 5.74) is 5.98. The lowest BCUT2D eigenvalue weighted by atomic mass is 10.1. The fraction of sp³-hybridized carbons (Fsp3) is 0.250. The van der Waals surface area contributed by atoms with Gasteiger partial charge in [-0.15, -0.1) is 6.58 Å². The van der Waals surface area contributed by atoms with Crippen molar-refractivity contribution in [1.82, 2.24) is 0 Å². The number of hydrogen-bond acceptors (Lipinski definition) is 4. The SMILES string of the molecule is C=CC1CC(=O)N(c2ccc(N)cc2[N+](=O)[O-])C1. The summed E-state index contributed by atoms with van der Waals surface area (Å²) in [5, 5.41) is 11.0. The largest absolute Gasteiger partial charge is 0.399 e. The maximum atomic E-state index is 11.8. The van der Waals surface area contributed by atoms with E-state index in [1.165, 1.54) is 17.0 Å². The third-order valence-electron chi connectivity index (χ3n) is 2.98. The molecule has 2 N–H and O–H groups in total.